The van der Waals surface area contributed by atoms with Crippen molar-refractivity contribution in [2.24, 2.45) is 10.9 Å². The number of halogens is 1. The Morgan fingerprint density at radius 2 is 2.04 bits per heavy atom. The van der Waals surface area contributed by atoms with E-state index in [0.717, 1.165) is 29.8 Å². The zero-order chi connectivity index (χ0) is 17.6. The van der Waals surface area contributed by atoms with Crippen LogP contribution in [0, 0.1) is 5.92 Å². The summed E-state index contributed by atoms with van der Waals surface area (Å²) >= 11 is 1.70. The zero-order valence-corrected chi connectivity index (χ0v) is 18.9. The average Bonchev–Trinajstić information content (AvgIpc) is 3.24. The Kier molecular flexibility index (Phi) is 8.34. The van der Waals surface area contributed by atoms with Crippen LogP contribution in [0.25, 0.3) is 0 Å². The number of hydrogen-bond acceptors (Lipinski definition) is 3. The maximum atomic E-state index is 4.70. The number of aromatic nitrogens is 1. The Balaban J connectivity index is 0.00000243. The monoisotopic (exact) mass is 484 g/mol. The van der Waals surface area contributed by atoms with E-state index in [9.17, 15) is 0 Å². The maximum Gasteiger partial charge on any atom is 0.191 e. The van der Waals surface area contributed by atoms with E-state index in [1.807, 2.05) is 0 Å². The highest BCUT2D eigenvalue weighted by molar-refractivity contribution is 14.0. The summed E-state index contributed by atoms with van der Waals surface area (Å²) in [5.41, 5.74) is 2.62. The van der Waals surface area contributed by atoms with Crippen molar-refractivity contribution in [2.45, 2.75) is 45.6 Å². The third kappa shape index (κ3) is 5.94. The Hall–Kier alpha value is -1.15. The largest absolute Gasteiger partial charge is 0.357 e. The first-order valence-corrected chi connectivity index (χ1v) is 10.1. The molecule has 3 rings (SSSR count). The SMILES string of the molecule is CCNC(=NCc1nc(C(C)C)cs1)NCC1CC1c1ccccc1.I. The molecule has 1 aliphatic rings. The Morgan fingerprint density at radius 1 is 1.27 bits per heavy atom. The predicted molar refractivity (Wildman–Crippen MR) is 122 cm³/mol. The molecule has 1 saturated carbocycles. The fourth-order valence-electron chi connectivity index (χ4n) is 2.96. The molecule has 2 N–H and O–H groups in total. The van der Waals surface area contributed by atoms with E-state index in [2.05, 4.69) is 72.1 Å². The smallest absolute Gasteiger partial charge is 0.191 e. The summed E-state index contributed by atoms with van der Waals surface area (Å²) in [7, 11) is 0. The second-order valence-corrected chi connectivity index (χ2v) is 7.85. The van der Waals surface area contributed by atoms with Gasteiger partial charge in [-0.3, -0.25) is 0 Å². The molecule has 1 aromatic heterocycles. The number of rotatable bonds is 7. The summed E-state index contributed by atoms with van der Waals surface area (Å²) < 4.78 is 0. The van der Waals surface area contributed by atoms with Gasteiger partial charge in [0.1, 0.15) is 5.01 Å². The van der Waals surface area contributed by atoms with Gasteiger partial charge in [-0.15, -0.1) is 35.3 Å². The van der Waals surface area contributed by atoms with Gasteiger partial charge in [0.05, 0.1) is 12.2 Å². The van der Waals surface area contributed by atoms with E-state index in [1.54, 1.807) is 11.3 Å². The minimum absolute atomic E-state index is 0. The van der Waals surface area contributed by atoms with Gasteiger partial charge in [-0.1, -0.05) is 44.2 Å². The van der Waals surface area contributed by atoms with Crippen LogP contribution in [0.5, 0.6) is 0 Å². The van der Waals surface area contributed by atoms with Crippen LogP contribution in [0.1, 0.15) is 55.3 Å². The minimum atomic E-state index is 0. The van der Waals surface area contributed by atoms with Gasteiger partial charge in [-0.25, -0.2) is 9.98 Å². The lowest BCUT2D eigenvalue weighted by Gasteiger charge is -2.11. The molecule has 1 aromatic carbocycles. The van der Waals surface area contributed by atoms with Gasteiger partial charge in [-0.2, -0.15) is 0 Å². The van der Waals surface area contributed by atoms with E-state index in [1.165, 1.54) is 12.0 Å². The van der Waals surface area contributed by atoms with Gasteiger partial charge in [-0.05, 0) is 36.7 Å². The van der Waals surface area contributed by atoms with Crippen molar-refractivity contribution in [2.75, 3.05) is 13.1 Å². The molecule has 0 bridgehead atoms. The molecule has 0 radical (unpaired) electrons. The van der Waals surface area contributed by atoms with Crippen LogP contribution in [0.2, 0.25) is 0 Å². The van der Waals surface area contributed by atoms with Gasteiger partial charge in [0.15, 0.2) is 5.96 Å². The number of guanidine groups is 1. The van der Waals surface area contributed by atoms with Crippen LogP contribution in [0.15, 0.2) is 40.7 Å². The normalized spacial score (nSPS) is 19.2. The van der Waals surface area contributed by atoms with E-state index in [4.69, 9.17) is 4.99 Å². The number of nitrogens with one attached hydrogen (secondary N) is 2. The van der Waals surface area contributed by atoms with Gasteiger partial charge >= 0.3 is 0 Å². The fourth-order valence-corrected chi connectivity index (χ4v) is 3.84. The molecule has 2 unspecified atom stereocenters. The highest BCUT2D eigenvalue weighted by Gasteiger charge is 2.37. The molecular weight excluding hydrogens is 455 g/mol. The standard InChI is InChI=1S/C20H28N4S.HI/c1-4-21-20(23-12-19-24-18(13-25-19)14(2)3)22-11-16-10-17(16)15-8-6-5-7-9-15;/h5-9,13-14,16-17H,4,10-12H2,1-3H3,(H2,21,22,23);1H. The molecule has 0 spiro atoms. The van der Waals surface area contributed by atoms with Crippen molar-refractivity contribution in [1.82, 2.24) is 15.6 Å². The number of hydrogen-bond donors (Lipinski definition) is 2. The van der Waals surface area contributed by atoms with E-state index in [-0.39, 0.29) is 24.0 Å². The van der Waals surface area contributed by atoms with Crippen LogP contribution in [-0.4, -0.2) is 24.0 Å². The van der Waals surface area contributed by atoms with Crippen molar-refractivity contribution in [3.05, 3.63) is 52.0 Å². The highest BCUT2D eigenvalue weighted by atomic mass is 127. The molecule has 1 aliphatic carbocycles. The van der Waals surface area contributed by atoms with Crippen LogP contribution >= 0.6 is 35.3 Å². The summed E-state index contributed by atoms with van der Waals surface area (Å²) in [5.74, 6) is 2.77. The Bertz CT molecular complexity index is 699. The zero-order valence-electron chi connectivity index (χ0n) is 15.7. The summed E-state index contributed by atoms with van der Waals surface area (Å²) in [6.45, 7) is 8.92. The molecule has 0 aliphatic heterocycles. The lowest BCUT2D eigenvalue weighted by atomic mass is 10.1. The van der Waals surface area contributed by atoms with Crippen molar-refractivity contribution in [1.29, 1.82) is 0 Å². The second-order valence-electron chi connectivity index (χ2n) is 6.91. The third-order valence-corrected chi connectivity index (χ3v) is 5.41. The van der Waals surface area contributed by atoms with E-state index < -0.39 is 0 Å². The average molecular weight is 484 g/mol. The second kappa shape index (κ2) is 10.3. The first kappa shape index (κ1) is 21.2. The summed E-state index contributed by atoms with van der Waals surface area (Å²) in [5, 5.41) is 10.1. The minimum Gasteiger partial charge on any atom is -0.357 e. The van der Waals surface area contributed by atoms with E-state index in [0.29, 0.717) is 24.3 Å². The molecule has 4 nitrogen and oxygen atoms in total. The van der Waals surface area contributed by atoms with Crippen LogP contribution in [0.4, 0.5) is 0 Å². The molecule has 2 aromatic rings. The molecule has 26 heavy (non-hydrogen) atoms. The van der Waals surface area contributed by atoms with Crippen LogP contribution < -0.4 is 10.6 Å². The predicted octanol–water partition coefficient (Wildman–Crippen LogP) is 4.74. The fraction of sp³-hybridized carbons (Fsp3) is 0.500. The number of benzene rings is 1. The van der Waals surface area contributed by atoms with Crippen molar-refractivity contribution in [3.63, 3.8) is 0 Å². The molecule has 1 heterocycles. The number of nitrogens with zero attached hydrogens (tertiary/aromatic N) is 2. The quantitative estimate of drug-likeness (QED) is 0.339. The molecule has 1 fully saturated rings. The first-order chi connectivity index (χ1) is 12.2. The molecule has 142 valence electrons. The van der Waals surface area contributed by atoms with Crippen molar-refractivity contribution < 1.29 is 0 Å². The van der Waals surface area contributed by atoms with Crippen LogP contribution in [0.3, 0.4) is 0 Å². The maximum absolute atomic E-state index is 4.70. The van der Waals surface area contributed by atoms with E-state index >= 15 is 0 Å². The van der Waals surface area contributed by atoms with Gasteiger partial charge in [0, 0.05) is 18.5 Å². The first-order valence-electron chi connectivity index (χ1n) is 9.18. The Labute approximate surface area is 177 Å². The summed E-state index contributed by atoms with van der Waals surface area (Å²) in [6, 6.07) is 10.8. The van der Waals surface area contributed by atoms with Crippen molar-refractivity contribution >= 4 is 41.3 Å². The van der Waals surface area contributed by atoms with Gasteiger partial charge in [0.25, 0.3) is 0 Å². The summed E-state index contributed by atoms with van der Waals surface area (Å²) in [6.07, 6.45) is 1.26. The summed E-state index contributed by atoms with van der Waals surface area (Å²) in [4.78, 5) is 9.35. The lowest BCUT2D eigenvalue weighted by molar-refractivity contribution is 0.720. The lowest BCUT2D eigenvalue weighted by Crippen LogP contribution is -2.38. The molecule has 0 amide bonds. The van der Waals surface area contributed by atoms with Crippen LogP contribution in [-0.2, 0) is 6.54 Å². The molecule has 6 heteroatoms. The number of thiazole rings is 1. The van der Waals surface area contributed by atoms with Gasteiger partial charge in [0.2, 0.25) is 0 Å². The highest BCUT2D eigenvalue weighted by Crippen LogP contribution is 2.46. The molecular formula is C20H29IN4S. The Morgan fingerprint density at radius 3 is 2.69 bits per heavy atom. The molecule has 0 saturated heterocycles. The topological polar surface area (TPSA) is 49.3 Å². The third-order valence-electron chi connectivity index (χ3n) is 4.56. The van der Waals surface area contributed by atoms with Crippen molar-refractivity contribution in [3.8, 4) is 0 Å². The molecule has 2 atom stereocenters. The number of aliphatic imine (C=N–C) groups is 1. The van der Waals surface area contributed by atoms with Gasteiger partial charge < -0.3 is 10.6 Å².